The zero-order valence-electron chi connectivity index (χ0n) is 8.98. The second-order valence-electron chi connectivity index (χ2n) is 3.33. The molecule has 1 aromatic carbocycles. The summed E-state index contributed by atoms with van der Waals surface area (Å²) in [6.07, 6.45) is 0. The van der Waals surface area contributed by atoms with Gasteiger partial charge in [0.05, 0.1) is 6.61 Å². The topological polar surface area (TPSA) is 98.7 Å². The van der Waals surface area contributed by atoms with Gasteiger partial charge in [0.15, 0.2) is 6.04 Å². The minimum atomic E-state index is -1.50. The first-order valence-corrected chi connectivity index (χ1v) is 4.79. The third-order valence-corrected chi connectivity index (χ3v) is 1.91. The molecule has 1 rings (SSSR count). The highest BCUT2D eigenvalue weighted by atomic mass is 19.1. The highest BCUT2D eigenvalue weighted by Gasteiger charge is 2.18. The van der Waals surface area contributed by atoms with Gasteiger partial charge in [0.25, 0.3) is 0 Å². The fraction of sp³-hybridized carbons (Fsp3) is 0.200. The van der Waals surface area contributed by atoms with Gasteiger partial charge in [-0.25, -0.2) is 18.4 Å². The van der Waals surface area contributed by atoms with Crippen molar-refractivity contribution in [3.63, 3.8) is 0 Å². The van der Waals surface area contributed by atoms with Crippen molar-refractivity contribution in [1.82, 2.24) is 5.32 Å². The van der Waals surface area contributed by atoms with E-state index in [-0.39, 0.29) is 5.69 Å². The molecule has 0 bridgehead atoms. The van der Waals surface area contributed by atoms with Gasteiger partial charge in [-0.2, -0.15) is 0 Å². The normalized spacial score (nSPS) is 11.7. The Labute approximate surface area is 100 Å². The number of carbonyl (C=O) groups is 2. The third kappa shape index (κ3) is 3.98. The molecule has 6 nitrogen and oxygen atoms in total. The van der Waals surface area contributed by atoms with E-state index in [1.54, 1.807) is 0 Å². The van der Waals surface area contributed by atoms with E-state index in [0.717, 1.165) is 12.1 Å². The van der Waals surface area contributed by atoms with E-state index in [1.165, 1.54) is 0 Å². The maximum Gasteiger partial charge on any atom is 0.328 e. The summed E-state index contributed by atoms with van der Waals surface area (Å²) >= 11 is 0. The van der Waals surface area contributed by atoms with E-state index in [4.69, 9.17) is 10.2 Å². The Morgan fingerprint density at radius 3 is 2.22 bits per heavy atom. The van der Waals surface area contributed by atoms with Gasteiger partial charge in [0, 0.05) is 11.8 Å². The number of aliphatic hydroxyl groups excluding tert-OH is 1. The number of carboxylic acids is 1. The fourth-order valence-corrected chi connectivity index (χ4v) is 1.14. The Morgan fingerprint density at radius 2 is 1.78 bits per heavy atom. The first kappa shape index (κ1) is 13.8. The van der Waals surface area contributed by atoms with Crippen LogP contribution in [0.25, 0.3) is 0 Å². The molecule has 0 aliphatic heterocycles. The Hall–Kier alpha value is -2.22. The minimum absolute atomic E-state index is 0.174. The number of urea groups is 1. The lowest BCUT2D eigenvalue weighted by Gasteiger charge is -2.12. The quantitative estimate of drug-likeness (QED) is 0.634. The molecule has 0 aliphatic rings. The fourth-order valence-electron chi connectivity index (χ4n) is 1.14. The highest BCUT2D eigenvalue weighted by molar-refractivity contribution is 5.92. The average molecular weight is 260 g/mol. The van der Waals surface area contributed by atoms with Crippen molar-refractivity contribution in [3.05, 3.63) is 29.8 Å². The van der Waals surface area contributed by atoms with Crippen LogP contribution in [-0.2, 0) is 4.79 Å². The van der Waals surface area contributed by atoms with E-state index in [1.807, 2.05) is 10.6 Å². The molecule has 4 N–H and O–H groups in total. The van der Waals surface area contributed by atoms with Gasteiger partial charge in [-0.15, -0.1) is 0 Å². The summed E-state index contributed by atoms with van der Waals surface area (Å²) in [5, 5.41) is 21.2. The number of carboxylic acid groups (broad SMARTS) is 1. The molecule has 0 saturated heterocycles. The van der Waals surface area contributed by atoms with Crippen LogP contribution in [0.5, 0.6) is 0 Å². The van der Waals surface area contributed by atoms with Crippen LogP contribution in [-0.4, -0.2) is 34.9 Å². The number of hydrogen-bond acceptors (Lipinski definition) is 3. The second kappa shape index (κ2) is 5.92. The largest absolute Gasteiger partial charge is 0.480 e. The third-order valence-electron chi connectivity index (χ3n) is 1.91. The molecule has 0 aromatic heterocycles. The summed E-state index contributed by atoms with van der Waals surface area (Å²) in [4.78, 5) is 21.8. The molecule has 1 unspecified atom stereocenters. The van der Waals surface area contributed by atoms with Crippen LogP contribution < -0.4 is 10.6 Å². The molecular weight excluding hydrogens is 250 g/mol. The lowest BCUT2D eigenvalue weighted by molar-refractivity contribution is -0.140. The SMILES string of the molecule is O=C(Nc1cc(F)cc(F)c1)NC(CO)C(=O)O. The Bertz CT molecular complexity index is 447. The predicted octanol–water partition coefficient (Wildman–Crippen LogP) is 0.532. The van der Waals surface area contributed by atoms with Crippen LogP contribution in [0.2, 0.25) is 0 Å². The number of amides is 2. The maximum atomic E-state index is 12.8. The van der Waals surface area contributed by atoms with Crippen molar-refractivity contribution in [3.8, 4) is 0 Å². The van der Waals surface area contributed by atoms with Gasteiger partial charge in [-0.05, 0) is 12.1 Å². The van der Waals surface area contributed by atoms with Crippen LogP contribution in [0.1, 0.15) is 0 Å². The molecule has 2 amide bonds. The van der Waals surface area contributed by atoms with Crippen LogP contribution >= 0.6 is 0 Å². The van der Waals surface area contributed by atoms with Gasteiger partial charge in [0.2, 0.25) is 0 Å². The number of rotatable bonds is 4. The van der Waals surface area contributed by atoms with Crippen molar-refractivity contribution in [2.24, 2.45) is 0 Å². The van der Waals surface area contributed by atoms with E-state index >= 15 is 0 Å². The van der Waals surface area contributed by atoms with Crippen molar-refractivity contribution in [1.29, 1.82) is 0 Å². The molecular formula is C10H10F2N2O4. The molecule has 0 radical (unpaired) electrons. The first-order valence-electron chi connectivity index (χ1n) is 4.79. The number of benzene rings is 1. The average Bonchev–Trinajstić information content (AvgIpc) is 2.23. The number of aliphatic hydroxyl groups is 1. The standard InChI is InChI=1S/C10H10F2N2O4/c11-5-1-6(12)3-7(2-5)13-10(18)14-8(4-15)9(16)17/h1-3,8,15H,4H2,(H,16,17)(H2,13,14,18). The second-order valence-corrected chi connectivity index (χ2v) is 3.33. The lowest BCUT2D eigenvalue weighted by atomic mass is 10.3. The molecule has 1 aromatic rings. The molecule has 0 fully saturated rings. The predicted molar refractivity (Wildman–Crippen MR) is 57.0 cm³/mol. The maximum absolute atomic E-state index is 12.8. The first-order chi connectivity index (χ1) is 8.42. The Morgan fingerprint density at radius 1 is 1.22 bits per heavy atom. The molecule has 18 heavy (non-hydrogen) atoms. The van der Waals surface area contributed by atoms with Crippen LogP contribution in [0.15, 0.2) is 18.2 Å². The zero-order chi connectivity index (χ0) is 13.7. The minimum Gasteiger partial charge on any atom is -0.480 e. The van der Waals surface area contributed by atoms with E-state index in [9.17, 15) is 18.4 Å². The number of carbonyl (C=O) groups excluding carboxylic acids is 1. The smallest absolute Gasteiger partial charge is 0.328 e. The Kier molecular flexibility index (Phi) is 4.55. The van der Waals surface area contributed by atoms with Crippen LogP contribution in [0, 0.1) is 11.6 Å². The van der Waals surface area contributed by atoms with Gasteiger partial charge in [-0.3, -0.25) is 0 Å². The van der Waals surface area contributed by atoms with Gasteiger partial charge in [-0.1, -0.05) is 0 Å². The van der Waals surface area contributed by atoms with Crippen molar-refractivity contribution in [2.75, 3.05) is 11.9 Å². The zero-order valence-corrected chi connectivity index (χ0v) is 8.98. The lowest BCUT2D eigenvalue weighted by Crippen LogP contribution is -2.45. The summed E-state index contributed by atoms with van der Waals surface area (Å²) in [5.41, 5.74) is -0.174. The summed E-state index contributed by atoms with van der Waals surface area (Å²) in [7, 11) is 0. The van der Waals surface area contributed by atoms with Crippen LogP contribution in [0.3, 0.4) is 0 Å². The summed E-state index contributed by atoms with van der Waals surface area (Å²) in [6.45, 7) is -0.805. The van der Waals surface area contributed by atoms with Crippen LogP contribution in [0.4, 0.5) is 19.3 Å². The van der Waals surface area contributed by atoms with Gasteiger partial charge < -0.3 is 20.8 Å². The van der Waals surface area contributed by atoms with Gasteiger partial charge in [0.1, 0.15) is 11.6 Å². The molecule has 0 aliphatic carbocycles. The molecule has 0 heterocycles. The van der Waals surface area contributed by atoms with Gasteiger partial charge >= 0.3 is 12.0 Å². The summed E-state index contributed by atoms with van der Waals surface area (Å²) in [5.74, 6) is -3.21. The van der Waals surface area contributed by atoms with E-state index < -0.39 is 36.3 Å². The van der Waals surface area contributed by atoms with Crippen molar-refractivity contribution in [2.45, 2.75) is 6.04 Å². The van der Waals surface area contributed by atoms with E-state index in [2.05, 4.69) is 0 Å². The van der Waals surface area contributed by atoms with Crippen molar-refractivity contribution < 1.29 is 28.6 Å². The number of nitrogens with one attached hydrogen (secondary N) is 2. The van der Waals surface area contributed by atoms with Crippen molar-refractivity contribution >= 4 is 17.7 Å². The Balaban J connectivity index is 2.67. The number of halogens is 2. The summed E-state index contributed by atoms with van der Waals surface area (Å²) < 4.78 is 25.6. The number of anilines is 1. The molecule has 0 saturated carbocycles. The molecule has 98 valence electrons. The number of hydrogen-bond donors (Lipinski definition) is 4. The summed E-state index contributed by atoms with van der Waals surface area (Å²) in [6, 6.07) is -0.157. The molecule has 1 atom stereocenters. The highest BCUT2D eigenvalue weighted by Crippen LogP contribution is 2.12. The monoisotopic (exact) mass is 260 g/mol. The molecule has 8 heteroatoms. The number of aliphatic carboxylic acids is 1. The van der Waals surface area contributed by atoms with E-state index in [0.29, 0.717) is 6.07 Å². The molecule has 0 spiro atoms.